The second-order valence-corrected chi connectivity index (χ2v) is 14.6. The van der Waals surface area contributed by atoms with Gasteiger partial charge in [-0.1, -0.05) is 45.9 Å². The molecule has 158 valence electrons. The summed E-state index contributed by atoms with van der Waals surface area (Å²) in [5.74, 6) is 0.342. The predicted octanol–water partition coefficient (Wildman–Crippen LogP) is 5.96. The average Bonchev–Trinajstić information content (AvgIpc) is 2.65. The lowest BCUT2D eigenvalue weighted by atomic mass is 9.85. The van der Waals surface area contributed by atoms with Crippen LogP contribution in [0.1, 0.15) is 64.9 Å². The highest BCUT2D eigenvalue weighted by atomic mass is 28.4. The summed E-state index contributed by atoms with van der Waals surface area (Å²) in [5.41, 5.74) is 2.52. The van der Waals surface area contributed by atoms with Gasteiger partial charge in [-0.05, 0) is 55.4 Å². The van der Waals surface area contributed by atoms with Gasteiger partial charge < -0.3 is 14.5 Å². The monoisotopic (exact) mass is 405 g/mol. The second kappa shape index (κ2) is 9.44. The van der Waals surface area contributed by atoms with Crippen molar-refractivity contribution in [2.75, 3.05) is 19.0 Å². The van der Waals surface area contributed by atoms with Crippen LogP contribution >= 0.6 is 0 Å². The van der Waals surface area contributed by atoms with Crippen LogP contribution in [0.15, 0.2) is 24.3 Å². The van der Waals surface area contributed by atoms with E-state index in [0.717, 1.165) is 32.3 Å². The third kappa shape index (κ3) is 5.83. The first kappa shape index (κ1) is 23.0. The molecule has 1 saturated carbocycles. The van der Waals surface area contributed by atoms with Crippen LogP contribution in [0.5, 0.6) is 0 Å². The third-order valence-electron chi connectivity index (χ3n) is 6.61. The summed E-state index contributed by atoms with van der Waals surface area (Å²) in [6.45, 7) is 14.5. The molecule has 1 aromatic rings. The van der Waals surface area contributed by atoms with E-state index < -0.39 is 8.32 Å². The molecular formula is C23H39NO3Si. The fourth-order valence-electron chi connectivity index (χ4n) is 3.56. The average molecular weight is 406 g/mol. The molecule has 1 aliphatic rings. The molecule has 2 rings (SSSR count). The number of rotatable bonds is 7. The summed E-state index contributed by atoms with van der Waals surface area (Å²) in [6, 6.07) is 8.99. The molecule has 0 radical (unpaired) electrons. The van der Waals surface area contributed by atoms with Gasteiger partial charge >= 0.3 is 5.97 Å². The maximum absolute atomic E-state index is 11.7. The van der Waals surface area contributed by atoms with E-state index in [1.807, 2.05) is 0 Å². The molecule has 0 aliphatic heterocycles. The third-order valence-corrected chi connectivity index (χ3v) is 11.1. The number of benzene rings is 1. The van der Waals surface area contributed by atoms with Gasteiger partial charge in [-0.25, -0.2) is 0 Å². The zero-order valence-corrected chi connectivity index (χ0v) is 19.8. The molecule has 1 aromatic carbocycles. The zero-order valence-electron chi connectivity index (χ0n) is 18.8. The molecule has 0 aromatic heterocycles. The summed E-state index contributed by atoms with van der Waals surface area (Å²) in [7, 11) is -0.264. The van der Waals surface area contributed by atoms with Gasteiger partial charge in [0.05, 0.1) is 13.0 Å². The predicted molar refractivity (Wildman–Crippen MR) is 119 cm³/mol. The number of carbonyl (C=O) groups is 1. The lowest BCUT2D eigenvalue weighted by molar-refractivity contribution is -0.146. The minimum Gasteiger partial charge on any atom is -0.469 e. The molecule has 1 N–H and O–H groups in total. The zero-order chi connectivity index (χ0) is 20.9. The van der Waals surface area contributed by atoms with E-state index in [0.29, 0.717) is 12.0 Å². The fraction of sp³-hybridized carbons (Fsp3) is 0.696. The minimum absolute atomic E-state index is 0.0600. The van der Waals surface area contributed by atoms with Crippen LogP contribution in [0.2, 0.25) is 18.1 Å². The van der Waals surface area contributed by atoms with E-state index in [1.54, 1.807) is 0 Å². The van der Waals surface area contributed by atoms with Crippen LogP contribution in [-0.4, -0.2) is 34.0 Å². The van der Waals surface area contributed by atoms with E-state index in [2.05, 4.69) is 70.4 Å². The summed E-state index contributed by atoms with van der Waals surface area (Å²) >= 11 is 0. The van der Waals surface area contributed by atoms with E-state index in [4.69, 9.17) is 9.16 Å². The molecule has 0 heterocycles. The number of ether oxygens (including phenoxy) is 1. The maximum Gasteiger partial charge on any atom is 0.308 e. The molecule has 1 fully saturated rings. The number of para-hydroxylation sites is 1. The van der Waals surface area contributed by atoms with Crippen molar-refractivity contribution in [2.24, 2.45) is 5.92 Å². The number of nitrogens with one attached hydrogen (secondary N) is 1. The maximum atomic E-state index is 11.7. The molecular weight excluding hydrogens is 366 g/mol. The Bertz CT molecular complexity index is 645. The van der Waals surface area contributed by atoms with Gasteiger partial charge in [0, 0.05) is 24.3 Å². The van der Waals surface area contributed by atoms with Gasteiger partial charge in [-0.3, -0.25) is 4.79 Å². The highest BCUT2D eigenvalue weighted by Crippen LogP contribution is 2.38. The minimum atomic E-state index is -1.75. The van der Waals surface area contributed by atoms with Crippen molar-refractivity contribution in [3.63, 3.8) is 0 Å². The van der Waals surface area contributed by atoms with Crippen LogP contribution in [-0.2, 0) is 14.0 Å². The van der Waals surface area contributed by atoms with Gasteiger partial charge in [0.1, 0.15) is 0 Å². The van der Waals surface area contributed by atoms with Crippen molar-refractivity contribution in [2.45, 2.75) is 83.5 Å². The first-order valence-electron chi connectivity index (χ1n) is 10.6. The van der Waals surface area contributed by atoms with Gasteiger partial charge in [0.25, 0.3) is 0 Å². The lowest BCUT2D eigenvalue weighted by Crippen LogP contribution is -2.41. The molecule has 0 bridgehead atoms. The Labute approximate surface area is 172 Å². The standard InChI is InChI=1S/C23H39NO3Si/c1-17(16-27-28(6,7)23(2,3)4)20-10-8-9-11-21(20)24-19-14-12-18(13-15-19)22(25)26-5/h8-11,17-19,24H,12-16H2,1-7H3. The van der Waals surface area contributed by atoms with Crippen molar-refractivity contribution < 1.29 is 14.0 Å². The number of anilines is 1. The van der Waals surface area contributed by atoms with E-state index in [1.165, 1.54) is 18.4 Å². The quantitative estimate of drug-likeness (QED) is 0.449. The molecule has 5 heteroatoms. The smallest absolute Gasteiger partial charge is 0.308 e. The highest BCUT2D eigenvalue weighted by Gasteiger charge is 2.37. The Kier molecular flexibility index (Phi) is 7.74. The SMILES string of the molecule is COC(=O)C1CCC(Nc2ccccc2C(C)CO[Si](C)(C)C(C)(C)C)CC1. The van der Waals surface area contributed by atoms with Gasteiger partial charge in [-0.15, -0.1) is 0 Å². The lowest BCUT2D eigenvalue weighted by Gasteiger charge is -2.37. The van der Waals surface area contributed by atoms with Crippen molar-refractivity contribution >= 4 is 20.0 Å². The van der Waals surface area contributed by atoms with Crippen LogP contribution in [0.25, 0.3) is 0 Å². The molecule has 1 unspecified atom stereocenters. The number of carbonyl (C=O) groups excluding carboxylic acids is 1. The summed E-state index contributed by atoms with van der Waals surface area (Å²) in [4.78, 5) is 11.7. The first-order valence-corrected chi connectivity index (χ1v) is 13.5. The van der Waals surface area contributed by atoms with E-state index in [9.17, 15) is 4.79 Å². The summed E-state index contributed by atoms with van der Waals surface area (Å²) in [6.07, 6.45) is 3.80. The van der Waals surface area contributed by atoms with E-state index >= 15 is 0 Å². The van der Waals surface area contributed by atoms with Crippen LogP contribution in [0, 0.1) is 5.92 Å². The highest BCUT2D eigenvalue weighted by molar-refractivity contribution is 6.74. The van der Waals surface area contributed by atoms with Crippen molar-refractivity contribution in [3.05, 3.63) is 29.8 Å². The van der Waals surface area contributed by atoms with Gasteiger partial charge in [0.2, 0.25) is 0 Å². The molecule has 1 aliphatic carbocycles. The largest absolute Gasteiger partial charge is 0.469 e. The Morgan fingerprint density at radius 2 is 1.79 bits per heavy atom. The number of hydrogen-bond acceptors (Lipinski definition) is 4. The van der Waals surface area contributed by atoms with E-state index in [-0.39, 0.29) is 16.9 Å². The molecule has 0 spiro atoms. The van der Waals surface area contributed by atoms with Crippen molar-refractivity contribution in [3.8, 4) is 0 Å². The molecule has 4 nitrogen and oxygen atoms in total. The van der Waals surface area contributed by atoms with Gasteiger partial charge in [0.15, 0.2) is 8.32 Å². The van der Waals surface area contributed by atoms with Crippen LogP contribution in [0.4, 0.5) is 5.69 Å². The number of hydrogen-bond donors (Lipinski definition) is 1. The summed E-state index contributed by atoms with van der Waals surface area (Å²) in [5, 5.41) is 3.96. The fourth-order valence-corrected chi connectivity index (χ4v) is 4.66. The molecule has 1 atom stereocenters. The molecule has 0 amide bonds. The molecule has 0 saturated heterocycles. The second-order valence-electron chi connectivity index (χ2n) is 9.78. The Morgan fingerprint density at radius 1 is 1.18 bits per heavy atom. The van der Waals surface area contributed by atoms with Crippen LogP contribution < -0.4 is 5.32 Å². The Morgan fingerprint density at radius 3 is 2.36 bits per heavy atom. The van der Waals surface area contributed by atoms with Crippen molar-refractivity contribution in [1.82, 2.24) is 0 Å². The first-order chi connectivity index (χ1) is 13.0. The van der Waals surface area contributed by atoms with Gasteiger partial charge in [-0.2, -0.15) is 0 Å². The molecule has 28 heavy (non-hydrogen) atoms. The topological polar surface area (TPSA) is 47.6 Å². The number of methoxy groups -OCH3 is 1. The van der Waals surface area contributed by atoms with Crippen LogP contribution in [0.3, 0.4) is 0 Å². The summed E-state index contributed by atoms with van der Waals surface area (Å²) < 4.78 is 11.4. The Hall–Kier alpha value is -1.33. The normalized spacial score (nSPS) is 21.8. The number of esters is 1. The Balaban J connectivity index is 1.98. The van der Waals surface area contributed by atoms with Crippen molar-refractivity contribution in [1.29, 1.82) is 0 Å².